The maximum Gasteiger partial charge on any atom is 0.471 e. The predicted molar refractivity (Wildman–Crippen MR) is 72.7 cm³/mol. The Morgan fingerprint density at radius 1 is 0.920 bits per heavy atom. The second-order valence-electron chi connectivity index (χ2n) is 4.70. The minimum absolute atomic E-state index is 0.0373. The normalized spacial score (nSPS) is 12.7. The van der Waals surface area contributed by atoms with Gasteiger partial charge in [0.2, 0.25) is 5.91 Å². The van der Waals surface area contributed by atoms with Crippen molar-refractivity contribution in [1.29, 1.82) is 0 Å². The van der Waals surface area contributed by atoms with Crippen molar-refractivity contribution < 1.29 is 40.7 Å². The van der Waals surface area contributed by atoms with Crippen LogP contribution in [0.25, 0.3) is 0 Å². The average molecular weight is 375 g/mol. The van der Waals surface area contributed by atoms with E-state index >= 15 is 0 Å². The van der Waals surface area contributed by atoms with E-state index in [1.807, 2.05) is 5.92 Å². The lowest BCUT2D eigenvalue weighted by Gasteiger charge is -2.18. The highest BCUT2D eigenvalue weighted by Crippen LogP contribution is 2.16. The third-order valence-electron chi connectivity index (χ3n) is 2.71. The zero-order valence-electron chi connectivity index (χ0n) is 12.7. The molecule has 0 radical (unpaired) electrons. The summed E-state index contributed by atoms with van der Waals surface area (Å²) in [5, 5.41) is 5.14. The zero-order chi connectivity index (χ0) is 19.7. The van der Waals surface area contributed by atoms with Gasteiger partial charge in [0, 0.05) is 6.54 Å². The molecule has 25 heavy (non-hydrogen) atoms. The summed E-state index contributed by atoms with van der Waals surface area (Å²) in [6, 6.07) is -1.57. The summed E-state index contributed by atoms with van der Waals surface area (Å²) < 4.78 is 72.5. The molecule has 0 aromatic carbocycles. The maximum absolute atomic E-state index is 12.2. The molecule has 0 unspecified atom stereocenters. The smallest absolute Gasteiger partial charge is 0.348 e. The van der Waals surface area contributed by atoms with Crippen molar-refractivity contribution >= 4 is 17.7 Å². The Kier molecular flexibility index (Phi) is 8.80. The van der Waals surface area contributed by atoms with Gasteiger partial charge in [-0.05, 0) is 19.3 Å². The van der Waals surface area contributed by atoms with Crippen molar-refractivity contribution in [2.45, 2.75) is 37.7 Å². The van der Waals surface area contributed by atoms with E-state index in [2.05, 4.69) is 5.32 Å². The monoisotopic (exact) mass is 375 g/mol. The number of rotatable bonds is 8. The lowest BCUT2D eigenvalue weighted by atomic mass is 10.1. The summed E-state index contributed by atoms with van der Waals surface area (Å²) in [5.74, 6) is -3.43. The van der Waals surface area contributed by atoms with Gasteiger partial charge in [0.15, 0.2) is 0 Å². The lowest BCUT2D eigenvalue weighted by molar-refractivity contribution is -0.174. The molecule has 0 aromatic heterocycles. The van der Waals surface area contributed by atoms with E-state index in [1.165, 1.54) is 5.32 Å². The Bertz CT molecular complexity index is 525. The van der Waals surface area contributed by atoms with Gasteiger partial charge in [-0.2, -0.15) is 26.3 Å². The predicted octanol–water partition coefficient (Wildman–Crippen LogP) is 0.632. The number of nitrogens with one attached hydrogen (secondary N) is 3. The highest BCUT2D eigenvalue weighted by molar-refractivity contribution is 5.89. The van der Waals surface area contributed by atoms with E-state index in [1.54, 1.807) is 5.32 Å². The first-order chi connectivity index (χ1) is 11.4. The molecule has 0 heterocycles. The summed E-state index contributed by atoms with van der Waals surface area (Å²) >= 11 is 0. The fourth-order valence-corrected chi connectivity index (χ4v) is 1.55. The fraction of sp³-hybridized carbons (Fsp3) is 0.615. The highest BCUT2D eigenvalue weighted by atomic mass is 19.4. The van der Waals surface area contributed by atoms with E-state index in [0.29, 0.717) is 0 Å². The molecular formula is C13H15F6N3O3. The third kappa shape index (κ3) is 9.43. The van der Waals surface area contributed by atoms with Crippen molar-refractivity contribution in [3.8, 4) is 12.3 Å². The summed E-state index contributed by atoms with van der Waals surface area (Å²) in [4.78, 5) is 33.1. The second-order valence-corrected chi connectivity index (χ2v) is 4.70. The minimum Gasteiger partial charge on any atom is -0.348 e. The van der Waals surface area contributed by atoms with Crippen LogP contribution in [0.1, 0.15) is 19.3 Å². The van der Waals surface area contributed by atoms with E-state index in [4.69, 9.17) is 6.42 Å². The van der Waals surface area contributed by atoms with Gasteiger partial charge >= 0.3 is 24.2 Å². The molecule has 0 aliphatic rings. The third-order valence-corrected chi connectivity index (χ3v) is 2.71. The van der Waals surface area contributed by atoms with E-state index in [-0.39, 0.29) is 25.8 Å². The molecule has 142 valence electrons. The quantitative estimate of drug-likeness (QED) is 0.330. The molecule has 0 saturated carbocycles. The number of alkyl halides is 6. The SMILES string of the molecule is C#CCNC(=O)[C@H](CCCCNC(=O)C(F)(F)F)NC(=O)C(F)(F)F. The van der Waals surface area contributed by atoms with Gasteiger partial charge in [0.1, 0.15) is 6.04 Å². The van der Waals surface area contributed by atoms with Crippen LogP contribution in [0, 0.1) is 12.3 Å². The number of amides is 3. The van der Waals surface area contributed by atoms with E-state index in [0.717, 1.165) is 0 Å². The van der Waals surface area contributed by atoms with Gasteiger partial charge in [0.05, 0.1) is 6.54 Å². The maximum atomic E-state index is 12.2. The molecular weight excluding hydrogens is 360 g/mol. The molecule has 0 fully saturated rings. The average Bonchev–Trinajstić information content (AvgIpc) is 2.48. The van der Waals surface area contributed by atoms with Gasteiger partial charge in [-0.25, -0.2) is 0 Å². The Hall–Kier alpha value is -2.45. The molecule has 0 aliphatic heterocycles. The summed E-state index contributed by atoms with van der Waals surface area (Å²) in [6.07, 6.45) is -5.74. The molecule has 6 nitrogen and oxygen atoms in total. The molecule has 12 heteroatoms. The topological polar surface area (TPSA) is 87.3 Å². The van der Waals surface area contributed by atoms with Crippen LogP contribution in [0.4, 0.5) is 26.3 Å². The van der Waals surface area contributed by atoms with Gasteiger partial charge in [0.25, 0.3) is 0 Å². The van der Waals surface area contributed by atoms with Crippen LogP contribution in [-0.4, -0.2) is 49.2 Å². The van der Waals surface area contributed by atoms with E-state index in [9.17, 15) is 40.7 Å². The summed E-state index contributed by atoms with van der Waals surface area (Å²) in [5.41, 5.74) is 0. The molecule has 0 rings (SSSR count). The first-order valence-electron chi connectivity index (χ1n) is 6.83. The lowest BCUT2D eigenvalue weighted by Crippen LogP contribution is -2.50. The van der Waals surface area contributed by atoms with Crippen molar-refractivity contribution in [3.05, 3.63) is 0 Å². The van der Waals surface area contributed by atoms with Crippen LogP contribution in [0.3, 0.4) is 0 Å². The fourth-order valence-electron chi connectivity index (χ4n) is 1.55. The summed E-state index contributed by atoms with van der Waals surface area (Å²) in [7, 11) is 0. The molecule has 1 atom stereocenters. The Labute approximate surface area is 138 Å². The van der Waals surface area contributed by atoms with Crippen molar-refractivity contribution in [1.82, 2.24) is 16.0 Å². The van der Waals surface area contributed by atoms with Gasteiger partial charge in [-0.3, -0.25) is 14.4 Å². The molecule has 3 amide bonds. The Morgan fingerprint density at radius 2 is 1.48 bits per heavy atom. The number of carbonyl (C=O) groups excluding carboxylic acids is 3. The number of halogens is 6. The van der Waals surface area contributed by atoms with Crippen molar-refractivity contribution in [3.63, 3.8) is 0 Å². The number of terminal acetylenes is 1. The van der Waals surface area contributed by atoms with Crippen LogP contribution in [0.2, 0.25) is 0 Å². The van der Waals surface area contributed by atoms with Crippen LogP contribution >= 0.6 is 0 Å². The molecule has 0 saturated heterocycles. The van der Waals surface area contributed by atoms with Crippen molar-refractivity contribution in [2.24, 2.45) is 0 Å². The van der Waals surface area contributed by atoms with Crippen molar-refractivity contribution in [2.75, 3.05) is 13.1 Å². The molecule has 0 bridgehead atoms. The standard InChI is InChI=1S/C13H15F6N3O3/c1-2-6-20-9(23)8(22-11(25)13(17,18)19)5-3-4-7-21-10(24)12(14,15)16/h1,8H,3-7H2,(H,20,23)(H,21,24)(H,22,25)/t8-/m0/s1. The van der Waals surface area contributed by atoms with Crippen LogP contribution in [0.5, 0.6) is 0 Å². The second kappa shape index (κ2) is 9.75. The first kappa shape index (κ1) is 22.6. The Balaban J connectivity index is 4.49. The number of hydrogen-bond donors (Lipinski definition) is 3. The van der Waals surface area contributed by atoms with E-state index < -0.39 is 42.7 Å². The van der Waals surface area contributed by atoms with Gasteiger partial charge < -0.3 is 16.0 Å². The largest absolute Gasteiger partial charge is 0.471 e. The highest BCUT2D eigenvalue weighted by Gasteiger charge is 2.40. The minimum atomic E-state index is -5.20. The number of unbranched alkanes of at least 4 members (excludes halogenated alkanes) is 1. The Morgan fingerprint density at radius 3 is 1.96 bits per heavy atom. The number of hydrogen-bond acceptors (Lipinski definition) is 3. The number of carbonyl (C=O) groups is 3. The first-order valence-corrected chi connectivity index (χ1v) is 6.83. The molecule has 3 N–H and O–H groups in total. The van der Waals surface area contributed by atoms with Gasteiger partial charge in [-0.15, -0.1) is 6.42 Å². The summed E-state index contributed by atoms with van der Waals surface area (Å²) in [6.45, 7) is -0.677. The molecule has 0 spiro atoms. The van der Waals surface area contributed by atoms with Crippen LogP contribution < -0.4 is 16.0 Å². The van der Waals surface area contributed by atoms with Crippen LogP contribution in [-0.2, 0) is 14.4 Å². The molecule has 0 aromatic rings. The van der Waals surface area contributed by atoms with Crippen LogP contribution in [0.15, 0.2) is 0 Å². The zero-order valence-corrected chi connectivity index (χ0v) is 12.7. The molecule has 0 aliphatic carbocycles. The van der Waals surface area contributed by atoms with Gasteiger partial charge in [-0.1, -0.05) is 5.92 Å².